The Labute approximate surface area is 143 Å². The molecule has 0 spiro atoms. The molecule has 3 heterocycles. The van der Waals surface area contributed by atoms with Gasteiger partial charge in [0, 0.05) is 10.9 Å². The molecule has 0 saturated carbocycles. The number of aromatic nitrogens is 1. The molecule has 1 saturated heterocycles. The molecule has 128 valence electrons. The molecule has 0 unspecified atom stereocenters. The number of carbonyl (C=O) groups is 2. The van der Waals surface area contributed by atoms with Crippen LogP contribution in [0.5, 0.6) is 0 Å². The van der Waals surface area contributed by atoms with E-state index in [1.807, 2.05) is 24.3 Å². The summed E-state index contributed by atoms with van der Waals surface area (Å²) in [5.74, 6) is 0.639. The van der Waals surface area contributed by atoms with E-state index in [9.17, 15) is 9.59 Å². The summed E-state index contributed by atoms with van der Waals surface area (Å²) >= 11 is 0. The van der Waals surface area contributed by atoms with Crippen LogP contribution in [0.1, 0.15) is 29.7 Å². The van der Waals surface area contributed by atoms with E-state index < -0.39 is 11.6 Å². The molecule has 1 atom stereocenters. The smallest absolute Gasteiger partial charge is 0.325 e. The van der Waals surface area contributed by atoms with Crippen LogP contribution in [0.2, 0.25) is 0 Å². The van der Waals surface area contributed by atoms with Gasteiger partial charge in [-0.15, -0.1) is 0 Å². The van der Waals surface area contributed by atoms with Crippen LogP contribution in [0.15, 0.2) is 39.3 Å². The second kappa shape index (κ2) is 5.20. The lowest BCUT2D eigenvalue weighted by atomic mass is 9.98. The van der Waals surface area contributed by atoms with Crippen LogP contribution in [0.4, 0.5) is 4.79 Å². The molecule has 1 N–H and O–H groups in total. The number of fused-ring (bicyclic) bond motifs is 1. The Kier molecular flexibility index (Phi) is 3.21. The van der Waals surface area contributed by atoms with Crippen molar-refractivity contribution < 1.29 is 18.5 Å². The zero-order chi connectivity index (χ0) is 17.8. The van der Waals surface area contributed by atoms with Gasteiger partial charge < -0.3 is 14.3 Å². The molecule has 25 heavy (non-hydrogen) atoms. The van der Waals surface area contributed by atoms with Gasteiger partial charge in [0.2, 0.25) is 0 Å². The van der Waals surface area contributed by atoms with E-state index in [4.69, 9.17) is 8.94 Å². The Bertz CT molecular complexity index is 950. The Hall–Kier alpha value is -3.09. The Morgan fingerprint density at radius 2 is 2.00 bits per heavy atom. The first-order valence-corrected chi connectivity index (χ1v) is 7.95. The number of rotatable bonds is 3. The topological polar surface area (TPSA) is 88.6 Å². The van der Waals surface area contributed by atoms with E-state index in [0.29, 0.717) is 22.8 Å². The molecular formula is C18H17N3O4. The Morgan fingerprint density at radius 3 is 2.68 bits per heavy atom. The maximum Gasteiger partial charge on any atom is 0.325 e. The molecule has 7 heteroatoms. The van der Waals surface area contributed by atoms with Crippen molar-refractivity contribution in [3.63, 3.8) is 0 Å². The van der Waals surface area contributed by atoms with E-state index in [1.165, 1.54) is 4.90 Å². The second-order valence-corrected chi connectivity index (χ2v) is 6.40. The van der Waals surface area contributed by atoms with Crippen LogP contribution in [0.25, 0.3) is 11.0 Å². The van der Waals surface area contributed by atoms with E-state index in [2.05, 4.69) is 10.5 Å². The summed E-state index contributed by atoms with van der Waals surface area (Å²) in [6.45, 7) is 5.30. The molecule has 3 aromatic rings. The number of nitrogens with one attached hydrogen (secondary N) is 1. The predicted octanol–water partition coefficient (Wildman–Crippen LogP) is 3.00. The number of imide groups is 1. The highest BCUT2D eigenvalue weighted by molar-refractivity contribution is 6.07. The number of benzene rings is 1. The number of amides is 3. The van der Waals surface area contributed by atoms with Crippen LogP contribution in [-0.4, -0.2) is 22.0 Å². The first kappa shape index (κ1) is 15.4. The third kappa shape index (κ3) is 2.23. The van der Waals surface area contributed by atoms with E-state index in [1.54, 1.807) is 26.8 Å². The molecule has 0 radical (unpaired) electrons. The van der Waals surface area contributed by atoms with Gasteiger partial charge in [-0.25, -0.2) is 4.79 Å². The van der Waals surface area contributed by atoms with Crippen molar-refractivity contribution in [3.05, 3.63) is 53.1 Å². The van der Waals surface area contributed by atoms with Crippen molar-refractivity contribution in [3.8, 4) is 0 Å². The van der Waals surface area contributed by atoms with Crippen LogP contribution in [0.3, 0.4) is 0 Å². The quantitative estimate of drug-likeness (QED) is 0.741. The van der Waals surface area contributed by atoms with Gasteiger partial charge in [0.1, 0.15) is 17.1 Å². The van der Waals surface area contributed by atoms with Crippen LogP contribution in [-0.2, 0) is 16.9 Å². The number of para-hydroxylation sites is 1. The summed E-state index contributed by atoms with van der Waals surface area (Å²) in [6, 6.07) is 8.79. The molecule has 0 bridgehead atoms. The standard InChI is InChI=1S/C18H17N3O4/c1-10-13(11(2)25-20-10)9-21-16(22)18(3,19-17(21)23)15-8-12-6-4-5-7-14(12)24-15/h4-8H,9H2,1-3H3,(H,19,23)/t18-/m1/s1. The third-order valence-electron chi connectivity index (χ3n) is 4.69. The van der Waals surface area contributed by atoms with Gasteiger partial charge in [-0.3, -0.25) is 9.69 Å². The summed E-state index contributed by atoms with van der Waals surface area (Å²) in [4.78, 5) is 26.6. The maximum absolute atomic E-state index is 13.0. The zero-order valence-electron chi connectivity index (χ0n) is 14.1. The molecule has 2 aromatic heterocycles. The number of aryl methyl sites for hydroxylation is 2. The monoisotopic (exact) mass is 339 g/mol. The molecule has 7 nitrogen and oxygen atoms in total. The SMILES string of the molecule is Cc1noc(C)c1CN1C(=O)N[C@](C)(c2cc3ccccc3o2)C1=O. The molecule has 0 aliphatic carbocycles. The summed E-state index contributed by atoms with van der Waals surface area (Å²) in [5, 5.41) is 7.50. The fourth-order valence-electron chi connectivity index (χ4n) is 3.12. The lowest BCUT2D eigenvalue weighted by Crippen LogP contribution is -2.40. The molecule has 1 aromatic carbocycles. The number of urea groups is 1. The minimum absolute atomic E-state index is 0.113. The highest BCUT2D eigenvalue weighted by Crippen LogP contribution is 2.34. The summed E-state index contributed by atoms with van der Waals surface area (Å²) in [6.07, 6.45) is 0. The average Bonchev–Trinajstić information content (AvgIpc) is 3.21. The predicted molar refractivity (Wildman–Crippen MR) is 88.6 cm³/mol. The second-order valence-electron chi connectivity index (χ2n) is 6.40. The number of hydrogen-bond acceptors (Lipinski definition) is 5. The largest absolute Gasteiger partial charge is 0.458 e. The summed E-state index contributed by atoms with van der Waals surface area (Å²) < 4.78 is 10.9. The lowest BCUT2D eigenvalue weighted by molar-refractivity contribution is -0.132. The van der Waals surface area contributed by atoms with Crippen molar-refractivity contribution in [1.29, 1.82) is 0 Å². The number of carbonyl (C=O) groups excluding carboxylic acids is 2. The van der Waals surface area contributed by atoms with Crippen molar-refractivity contribution in [2.45, 2.75) is 32.9 Å². The summed E-state index contributed by atoms with van der Waals surface area (Å²) in [7, 11) is 0. The van der Waals surface area contributed by atoms with E-state index in [0.717, 1.165) is 10.9 Å². The Morgan fingerprint density at radius 1 is 1.24 bits per heavy atom. The fourth-order valence-corrected chi connectivity index (χ4v) is 3.12. The van der Waals surface area contributed by atoms with Gasteiger partial charge in [0.15, 0.2) is 5.54 Å². The van der Waals surface area contributed by atoms with Gasteiger partial charge in [0.25, 0.3) is 5.91 Å². The van der Waals surface area contributed by atoms with Crippen molar-refractivity contribution in [2.75, 3.05) is 0 Å². The number of hydrogen-bond donors (Lipinski definition) is 1. The molecule has 1 aliphatic rings. The van der Waals surface area contributed by atoms with Gasteiger partial charge >= 0.3 is 6.03 Å². The minimum Gasteiger partial charge on any atom is -0.458 e. The van der Waals surface area contributed by atoms with Crippen molar-refractivity contribution in [2.24, 2.45) is 0 Å². The highest BCUT2D eigenvalue weighted by atomic mass is 16.5. The third-order valence-corrected chi connectivity index (χ3v) is 4.69. The van der Waals surface area contributed by atoms with E-state index in [-0.39, 0.29) is 12.5 Å². The molecule has 1 fully saturated rings. The average molecular weight is 339 g/mol. The lowest BCUT2D eigenvalue weighted by Gasteiger charge is -2.19. The number of furan rings is 1. The molecule has 4 rings (SSSR count). The van der Waals surface area contributed by atoms with Crippen LogP contribution < -0.4 is 5.32 Å². The maximum atomic E-state index is 13.0. The molecular weight excluding hydrogens is 322 g/mol. The first-order chi connectivity index (χ1) is 11.9. The summed E-state index contributed by atoms with van der Waals surface area (Å²) in [5.41, 5.74) is 0.826. The van der Waals surface area contributed by atoms with E-state index >= 15 is 0 Å². The van der Waals surface area contributed by atoms with Gasteiger partial charge in [-0.1, -0.05) is 23.4 Å². The highest BCUT2D eigenvalue weighted by Gasteiger charge is 2.51. The van der Waals surface area contributed by atoms with Crippen molar-refractivity contribution in [1.82, 2.24) is 15.4 Å². The fraction of sp³-hybridized carbons (Fsp3) is 0.278. The van der Waals surface area contributed by atoms with Crippen LogP contribution >= 0.6 is 0 Å². The minimum atomic E-state index is -1.24. The van der Waals surface area contributed by atoms with Gasteiger partial charge in [-0.2, -0.15) is 0 Å². The first-order valence-electron chi connectivity index (χ1n) is 7.95. The molecule has 3 amide bonds. The van der Waals surface area contributed by atoms with Crippen molar-refractivity contribution >= 4 is 22.9 Å². The van der Waals surface area contributed by atoms with Gasteiger partial charge in [-0.05, 0) is 32.9 Å². The zero-order valence-corrected chi connectivity index (χ0v) is 14.1. The van der Waals surface area contributed by atoms with Crippen LogP contribution in [0, 0.1) is 13.8 Å². The van der Waals surface area contributed by atoms with Gasteiger partial charge in [0.05, 0.1) is 12.2 Å². The Balaban J connectivity index is 1.70. The molecule has 1 aliphatic heterocycles. The number of nitrogens with zero attached hydrogens (tertiary/aromatic N) is 2. The normalized spacial score (nSPS) is 20.5.